The number of nitrogens with zero attached hydrogens (tertiary/aromatic N) is 5. The maximum atomic E-state index is 14.1. The van der Waals surface area contributed by atoms with E-state index < -0.39 is 18.5 Å². The molecular weight excluding hydrogens is 375 g/mol. The number of imidazole rings is 1. The van der Waals surface area contributed by atoms with Gasteiger partial charge in [0.2, 0.25) is 0 Å². The summed E-state index contributed by atoms with van der Waals surface area (Å²) in [5.74, 6) is 0.0427. The molecule has 9 heteroatoms. The van der Waals surface area contributed by atoms with Crippen molar-refractivity contribution in [2.75, 3.05) is 19.0 Å². The van der Waals surface area contributed by atoms with Gasteiger partial charge in [-0.3, -0.25) is 0 Å². The lowest BCUT2D eigenvalue weighted by Gasteiger charge is -2.14. The number of aliphatic hydroxyl groups excluding tert-OH is 2. The number of benzene rings is 1. The zero-order chi connectivity index (χ0) is 20.7. The molecule has 148 valence electrons. The highest BCUT2D eigenvalue weighted by atomic mass is 19.1. The summed E-state index contributed by atoms with van der Waals surface area (Å²) in [5.41, 5.74) is 3.32. The number of anilines is 1. The molecule has 0 aliphatic rings. The van der Waals surface area contributed by atoms with E-state index in [4.69, 9.17) is 6.57 Å². The van der Waals surface area contributed by atoms with Crippen LogP contribution in [0.3, 0.4) is 0 Å². The van der Waals surface area contributed by atoms with Gasteiger partial charge >= 0.3 is 0 Å². The fourth-order valence-corrected chi connectivity index (χ4v) is 3.57. The molecule has 0 aliphatic carbocycles. The molecule has 1 atom stereocenters. The molecule has 0 saturated carbocycles. The molecule has 0 spiro atoms. The highest BCUT2D eigenvalue weighted by molar-refractivity contribution is 6.07. The maximum absolute atomic E-state index is 14.1. The number of fused-ring (bicyclic) bond motifs is 3. The summed E-state index contributed by atoms with van der Waals surface area (Å²) in [7, 11) is 3.61. The zero-order valence-corrected chi connectivity index (χ0v) is 15.9. The molecule has 3 N–H and O–H groups in total. The lowest BCUT2D eigenvalue weighted by molar-refractivity contribution is 0.0824. The van der Waals surface area contributed by atoms with Crippen LogP contribution in [0.5, 0.6) is 0 Å². The molecule has 0 aliphatic heterocycles. The topological polar surface area (TPSA) is 92.5 Å². The molecule has 0 amide bonds. The molecule has 1 aromatic carbocycles. The first-order chi connectivity index (χ1) is 14.0. The Kier molecular flexibility index (Phi) is 4.66. The molecular formula is C20H19FN6O2. The van der Waals surface area contributed by atoms with Crippen LogP contribution in [0.25, 0.3) is 38.2 Å². The number of aromatic nitrogens is 4. The van der Waals surface area contributed by atoms with Crippen LogP contribution in [0, 0.1) is 12.4 Å². The second-order valence-corrected chi connectivity index (χ2v) is 6.79. The van der Waals surface area contributed by atoms with E-state index in [2.05, 4.69) is 20.1 Å². The van der Waals surface area contributed by atoms with E-state index in [9.17, 15) is 14.6 Å². The second kappa shape index (κ2) is 7.16. The predicted molar refractivity (Wildman–Crippen MR) is 108 cm³/mol. The van der Waals surface area contributed by atoms with Crippen LogP contribution in [-0.4, -0.2) is 49.1 Å². The van der Waals surface area contributed by atoms with E-state index in [1.807, 2.05) is 17.7 Å². The summed E-state index contributed by atoms with van der Waals surface area (Å²) >= 11 is 0. The number of nitrogens with one attached hydrogen (secondary N) is 1. The van der Waals surface area contributed by atoms with Crippen molar-refractivity contribution < 1.29 is 14.6 Å². The van der Waals surface area contributed by atoms with Crippen molar-refractivity contribution in [1.82, 2.24) is 19.1 Å². The quantitative estimate of drug-likeness (QED) is 0.453. The average molecular weight is 394 g/mol. The van der Waals surface area contributed by atoms with Crippen LogP contribution >= 0.6 is 0 Å². The van der Waals surface area contributed by atoms with Crippen molar-refractivity contribution in [3.05, 3.63) is 47.8 Å². The Morgan fingerprint density at radius 2 is 2.10 bits per heavy atom. The molecule has 3 heterocycles. The Morgan fingerprint density at radius 3 is 2.79 bits per heavy atom. The fraction of sp³-hybridized carbons (Fsp3) is 0.250. The molecule has 4 rings (SSSR count). The van der Waals surface area contributed by atoms with E-state index in [-0.39, 0.29) is 12.2 Å². The number of aliphatic hydroxyl groups is 2. The monoisotopic (exact) mass is 394 g/mol. The number of rotatable bonds is 5. The summed E-state index contributed by atoms with van der Waals surface area (Å²) in [5, 5.41) is 23.3. The summed E-state index contributed by atoms with van der Waals surface area (Å²) in [6.45, 7) is 6.84. The van der Waals surface area contributed by atoms with Gasteiger partial charge in [-0.25, -0.2) is 19.2 Å². The van der Waals surface area contributed by atoms with Gasteiger partial charge in [0.1, 0.15) is 17.0 Å². The van der Waals surface area contributed by atoms with Crippen molar-refractivity contribution in [2.24, 2.45) is 7.05 Å². The molecule has 0 unspecified atom stereocenters. The average Bonchev–Trinajstić information content (AvgIpc) is 3.27. The lowest BCUT2D eigenvalue weighted by atomic mass is 10.1. The van der Waals surface area contributed by atoms with Gasteiger partial charge in [0.25, 0.3) is 0 Å². The molecule has 0 radical (unpaired) electrons. The summed E-state index contributed by atoms with van der Waals surface area (Å²) in [4.78, 5) is 12.4. The van der Waals surface area contributed by atoms with E-state index in [1.165, 1.54) is 12.1 Å². The smallest absolute Gasteiger partial charge is 0.190 e. The zero-order valence-electron chi connectivity index (χ0n) is 15.9. The number of hydrogen-bond donors (Lipinski definition) is 3. The first-order valence-corrected chi connectivity index (χ1v) is 8.96. The van der Waals surface area contributed by atoms with Crippen molar-refractivity contribution >= 4 is 33.6 Å². The maximum Gasteiger partial charge on any atom is 0.190 e. The Bertz CT molecular complexity index is 1270. The Balaban J connectivity index is 2.10. The third-order valence-corrected chi connectivity index (χ3v) is 4.85. The van der Waals surface area contributed by atoms with Gasteiger partial charge in [-0.2, -0.15) is 0 Å². The summed E-state index contributed by atoms with van der Waals surface area (Å²) < 4.78 is 17.7. The normalized spacial score (nSPS) is 12.4. The molecule has 4 aromatic rings. The first kappa shape index (κ1) is 18.9. The molecule has 0 saturated heterocycles. The van der Waals surface area contributed by atoms with Gasteiger partial charge < -0.3 is 24.7 Å². The van der Waals surface area contributed by atoms with Crippen molar-refractivity contribution in [3.63, 3.8) is 0 Å². The molecule has 8 nitrogen and oxygen atoms in total. The lowest BCUT2D eigenvalue weighted by Crippen LogP contribution is -2.20. The van der Waals surface area contributed by atoms with Crippen LogP contribution in [0.15, 0.2) is 30.6 Å². The van der Waals surface area contributed by atoms with Gasteiger partial charge in [0, 0.05) is 25.2 Å². The minimum Gasteiger partial charge on any atom is -0.394 e. The first-order valence-electron chi connectivity index (χ1n) is 8.96. The summed E-state index contributed by atoms with van der Waals surface area (Å²) in [6.07, 6.45) is 0.658. The Hall–Kier alpha value is -3.48. The largest absolute Gasteiger partial charge is 0.394 e. The van der Waals surface area contributed by atoms with Crippen molar-refractivity contribution in [1.29, 1.82) is 0 Å². The third-order valence-electron chi connectivity index (χ3n) is 4.85. The van der Waals surface area contributed by atoms with E-state index in [0.29, 0.717) is 28.2 Å². The molecule has 29 heavy (non-hydrogen) atoms. The minimum absolute atomic E-state index is 0.0543. The summed E-state index contributed by atoms with van der Waals surface area (Å²) in [6, 6.07) is 5.94. The van der Waals surface area contributed by atoms with Gasteiger partial charge in [-0.1, -0.05) is 0 Å². The van der Waals surface area contributed by atoms with Gasteiger partial charge in [0.15, 0.2) is 11.5 Å². The molecule has 3 aromatic heterocycles. The van der Waals surface area contributed by atoms with Gasteiger partial charge in [-0.15, -0.1) is 0 Å². The van der Waals surface area contributed by atoms with Gasteiger partial charge in [0.05, 0.1) is 37.7 Å². The third kappa shape index (κ3) is 3.08. The van der Waals surface area contributed by atoms with Crippen LogP contribution in [0.4, 0.5) is 15.9 Å². The fourth-order valence-electron chi connectivity index (χ4n) is 3.57. The van der Waals surface area contributed by atoms with E-state index in [0.717, 1.165) is 10.9 Å². The van der Waals surface area contributed by atoms with Crippen LogP contribution in [0.1, 0.15) is 0 Å². The van der Waals surface area contributed by atoms with Crippen molar-refractivity contribution in [2.45, 2.75) is 12.6 Å². The SMILES string of the molecule is [C-]#[N+]c1cc(F)cc(-c2cc3c4c(ncn4C)c(NC)nc3n2C[C@H](O)CO)c1. The van der Waals surface area contributed by atoms with Crippen LogP contribution in [-0.2, 0) is 13.6 Å². The predicted octanol–water partition coefficient (Wildman–Crippen LogP) is 2.67. The highest BCUT2D eigenvalue weighted by Crippen LogP contribution is 2.35. The highest BCUT2D eigenvalue weighted by Gasteiger charge is 2.21. The van der Waals surface area contributed by atoms with Crippen LogP contribution < -0.4 is 5.32 Å². The Labute approximate surface area is 165 Å². The number of aryl methyl sites for hydroxylation is 1. The van der Waals surface area contributed by atoms with Crippen molar-refractivity contribution in [3.8, 4) is 11.3 Å². The van der Waals surface area contributed by atoms with E-state index in [1.54, 1.807) is 24.0 Å². The number of hydrogen-bond acceptors (Lipinski definition) is 5. The number of pyridine rings is 1. The Morgan fingerprint density at radius 1 is 1.31 bits per heavy atom. The minimum atomic E-state index is -1.03. The van der Waals surface area contributed by atoms with Gasteiger partial charge in [-0.05, 0) is 29.8 Å². The molecule has 0 fully saturated rings. The number of halogens is 1. The second-order valence-electron chi connectivity index (χ2n) is 6.79. The standard InChI is InChI=1S/C20H19FN6O2/c1-22-13-5-11(4-12(21)6-13)16-7-15-18-17(24-10-26(18)3)19(23-2)25-20(15)27(16)8-14(29)9-28/h4-7,10,14,28-29H,8-9H2,2-3H3,(H,23,25)/t14-/m0/s1. The molecule has 0 bridgehead atoms. The van der Waals surface area contributed by atoms with E-state index >= 15 is 0 Å². The van der Waals surface area contributed by atoms with Crippen LogP contribution in [0.2, 0.25) is 0 Å².